The Morgan fingerprint density at radius 1 is 1.45 bits per heavy atom. The zero-order valence-corrected chi connectivity index (χ0v) is 13.2. The number of aliphatic hydroxyl groups excluding tert-OH is 1. The van der Waals surface area contributed by atoms with E-state index in [-0.39, 0.29) is 30.9 Å². The van der Waals surface area contributed by atoms with E-state index in [9.17, 15) is 14.9 Å². The van der Waals surface area contributed by atoms with Gasteiger partial charge in [-0.2, -0.15) is 0 Å². The van der Waals surface area contributed by atoms with Crippen LogP contribution < -0.4 is 5.32 Å². The van der Waals surface area contributed by atoms with E-state index in [0.717, 1.165) is 6.42 Å². The van der Waals surface area contributed by atoms with Crippen molar-refractivity contribution in [3.63, 3.8) is 0 Å². The molecule has 0 aliphatic heterocycles. The van der Waals surface area contributed by atoms with Gasteiger partial charge in [-0.1, -0.05) is 19.1 Å². The van der Waals surface area contributed by atoms with Crippen molar-refractivity contribution in [3.8, 4) is 0 Å². The van der Waals surface area contributed by atoms with Crippen LogP contribution in [-0.2, 0) is 0 Å². The predicted molar refractivity (Wildman–Crippen MR) is 83.7 cm³/mol. The number of aryl methyl sites for hydroxylation is 1. The minimum absolute atomic E-state index is 0.0411. The van der Waals surface area contributed by atoms with Crippen molar-refractivity contribution in [2.75, 3.05) is 19.7 Å². The Bertz CT molecular complexity index is 528. The van der Waals surface area contributed by atoms with Crippen molar-refractivity contribution >= 4 is 11.7 Å². The van der Waals surface area contributed by atoms with Gasteiger partial charge in [0.05, 0.1) is 17.6 Å². The molecule has 0 heterocycles. The molecule has 0 fully saturated rings. The van der Waals surface area contributed by atoms with E-state index in [1.54, 1.807) is 26.0 Å². The molecule has 0 aliphatic rings. The second-order valence-corrected chi connectivity index (χ2v) is 5.18. The molecular formula is C15H23N3O4. The zero-order chi connectivity index (χ0) is 16.7. The van der Waals surface area contributed by atoms with Crippen LogP contribution in [0, 0.1) is 17.0 Å². The van der Waals surface area contributed by atoms with Crippen molar-refractivity contribution in [2.24, 2.45) is 0 Å². The maximum Gasteiger partial charge on any atom is 0.317 e. The van der Waals surface area contributed by atoms with Crippen LogP contribution in [0.2, 0.25) is 0 Å². The number of rotatable bonds is 7. The number of carbonyl (C=O) groups is 1. The van der Waals surface area contributed by atoms with Gasteiger partial charge in [0.25, 0.3) is 5.69 Å². The van der Waals surface area contributed by atoms with Gasteiger partial charge in [0.1, 0.15) is 0 Å². The minimum Gasteiger partial charge on any atom is -0.395 e. The minimum atomic E-state index is -0.428. The molecule has 0 spiro atoms. The molecule has 1 unspecified atom stereocenters. The first-order chi connectivity index (χ1) is 10.4. The summed E-state index contributed by atoms with van der Waals surface area (Å²) in [5.41, 5.74) is 1.30. The quantitative estimate of drug-likeness (QED) is 0.597. The number of benzene rings is 1. The molecule has 1 atom stereocenters. The van der Waals surface area contributed by atoms with Crippen molar-refractivity contribution in [1.29, 1.82) is 0 Å². The van der Waals surface area contributed by atoms with Gasteiger partial charge in [-0.3, -0.25) is 10.1 Å². The Labute approximate surface area is 130 Å². The lowest BCUT2D eigenvalue weighted by Gasteiger charge is -2.24. The van der Waals surface area contributed by atoms with E-state index < -0.39 is 4.92 Å². The lowest BCUT2D eigenvalue weighted by molar-refractivity contribution is -0.385. The largest absolute Gasteiger partial charge is 0.395 e. The Morgan fingerprint density at radius 3 is 2.68 bits per heavy atom. The van der Waals surface area contributed by atoms with Gasteiger partial charge in [0.2, 0.25) is 0 Å². The number of hydrogen-bond donors (Lipinski definition) is 2. The number of nitro benzene ring substituents is 1. The van der Waals surface area contributed by atoms with Crippen molar-refractivity contribution in [2.45, 2.75) is 33.2 Å². The number of hydrogen-bond acceptors (Lipinski definition) is 4. The van der Waals surface area contributed by atoms with Crippen LogP contribution in [0.3, 0.4) is 0 Å². The standard InChI is InChI=1S/C15H23N3O4/c1-4-7-17(8-9-19)15(20)16-12(3)13-6-5-11(2)14(10-13)18(21)22/h5-6,10,12,19H,4,7-9H2,1-3H3,(H,16,20). The van der Waals surface area contributed by atoms with Crippen LogP contribution in [0.1, 0.15) is 37.4 Å². The normalized spacial score (nSPS) is 11.8. The monoisotopic (exact) mass is 309 g/mol. The summed E-state index contributed by atoms with van der Waals surface area (Å²) < 4.78 is 0. The summed E-state index contributed by atoms with van der Waals surface area (Å²) in [5.74, 6) is 0. The van der Waals surface area contributed by atoms with Crippen molar-refractivity contribution in [1.82, 2.24) is 10.2 Å². The number of nitro groups is 1. The number of nitrogens with one attached hydrogen (secondary N) is 1. The molecule has 0 bridgehead atoms. The smallest absolute Gasteiger partial charge is 0.317 e. The molecule has 7 nitrogen and oxygen atoms in total. The number of carbonyl (C=O) groups excluding carboxylic acids is 1. The second-order valence-electron chi connectivity index (χ2n) is 5.18. The molecule has 122 valence electrons. The van der Waals surface area contributed by atoms with Gasteiger partial charge in [-0.15, -0.1) is 0 Å². The molecule has 0 radical (unpaired) electrons. The van der Waals surface area contributed by atoms with Gasteiger partial charge in [-0.05, 0) is 25.8 Å². The third-order valence-electron chi connectivity index (χ3n) is 3.42. The van der Waals surface area contributed by atoms with E-state index in [0.29, 0.717) is 17.7 Å². The Kier molecular flexibility index (Phi) is 6.78. The molecule has 2 amide bonds. The third kappa shape index (κ3) is 4.70. The molecule has 22 heavy (non-hydrogen) atoms. The lowest BCUT2D eigenvalue weighted by atomic mass is 10.0. The fourth-order valence-corrected chi connectivity index (χ4v) is 2.16. The number of amides is 2. The second kappa shape index (κ2) is 8.33. The topological polar surface area (TPSA) is 95.7 Å². The summed E-state index contributed by atoms with van der Waals surface area (Å²) in [7, 11) is 0. The molecule has 7 heteroatoms. The summed E-state index contributed by atoms with van der Waals surface area (Å²) in [6.07, 6.45) is 0.789. The highest BCUT2D eigenvalue weighted by Gasteiger charge is 2.18. The van der Waals surface area contributed by atoms with Crippen LogP contribution in [-0.4, -0.2) is 40.7 Å². The summed E-state index contributed by atoms with van der Waals surface area (Å²) in [5, 5.41) is 22.8. The number of nitrogens with zero attached hydrogens (tertiary/aromatic N) is 2. The molecular weight excluding hydrogens is 286 g/mol. The first kappa shape index (κ1) is 17.9. The Balaban J connectivity index is 2.83. The van der Waals surface area contributed by atoms with Gasteiger partial charge in [-0.25, -0.2) is 4.79 Å². The van der Waals surface area contributed by atoms with Crippen LogP contribution >= 0.6 is 0 Å². The van der Waals surface area contributed by atoms with Crippen LogP contribution in [0.5, 0.6) is 0 Å². The molecule has 0 saturated carbocycles. The first-order valence-corrected chi connectivity index (χ1v) is 7.32. The first-order valence-electron chi connectivity index (χ1n) is 7.32. The van der Waals surface area contributed by atoms with E-state index in [4.69, 9.17) is 5.11 Å². The highest BCUT2D eigenvalue weighted by molar-refractivity contribution is 5.74. The van der Waals surface area contributed by atoms with E-state index in [1.165, 1.54) is 11.0 Å². The van der Waals surface area contributed by atoms with Gasteiger partial charge >= 0.3 is 6.03 Å². The highest BCUT2D eigenvalue weighted by Crippen LogP contribution is 2.23. The van der Waals surface area contributed by atoms with Crippen LogP contribution in [0.25, 0.3) is 0 Å². The van der Waals surface area contributed by atoms with E-state index in [1.807, 2.05) is 6.92 Å². The SMILES string of the molecule is CCCN(CCO)C(=O)NC(C)c1ccc(C)c([N+](=O)[O-])c1. The van der Waals surface area contributed by atoms with E-state index in [2.05, 4.69) is 5.32 Å². The number of aliphatic hydroxyl groups is 1. The van der Waals surface area contributed by atoms with Crippen molar-refractivity contribution in [3.05, 3.63) is 39.4 Å². The highest BCUT2D eigenvalue weighted by atomic mass is 16.6. The van der Waals surface area contributed by atoms with Crippen LogP contribution in [0.15, 0.2) is 18.2 Å². The fraction of sp³-hybridized carbons (Fsp3) is 0.533. The molecule has 0 aliphatic carbocycles. The van der Waals surface area contributed by atoms with Gasteiger partial charge < -0.3 is 15.3 Å². The van der Waals surface area contributed by atoms with Crippen LogP contribution in [0.4, 0.5) is 10.5 Å². The van der Waals surface area contributed by atoms with Gasteiger partial charge in [0, 0.05) is 24.7 Å². The summed E-state index contributed by atoms with van der Waals surface area (Å²) >= 11 is 0. The average molecular weight is 309 g/mol. The molecule has 1 aromatic rings. The molecule has 2 N–H and O–H groups in total. The molecule has 1 rings (SSSR count). The average Bonchev–Trinajstić information content (AvgIpc) is 2.46. The van der Waals surface area contributed by atoms with Crippen molar-refractivity contribution < 1.29 is 14.8 Å². The van der Waals surface area contributed by atoms with Gasteiger partial charge in [0.15, 0.2) is 0 Å². The Morgan fingerprint density at radius 2 is 2.14 bits per heavy atom. The third-order valence-corrected chi connectivity index (χ3v) is 3.42. The summed E-state index contributed by atoms with van der Waals surface area (Å²) in [4.78, 5) is 24.2. The lowest BCUT2D eigenvalue weighted by Crippen LogP contribution is -2.42. The summed E-state index contributed by atoms with van der Waals surface area (Å²) in [6, 6.07) is 4.28. The van der Waals surface area contributed by atoms with E-state index >= 15 is 0 Å². The fourth-order valence-electron chi connectivity index (χ4n) is 2.16. The molecule has 1 aromatic carbocycles. The number of urea groups is 1. The zero-order valence-electron chi connectivity index (χ0n) is 13.2. The molecule has 0 saturated heterocycles. The molecule has 0 aromatic heterocycles. The Hall–Kier alpha value is -2.15. The predicted octanol–water partition coefficient (Wildman–Crippen LogP) is 2.38. The maximum atomic E-state index is 12.2. The summed E-state index contributed by atoms with van der Waals surface area (Å²) in [6.45, 7) is 6.11. The maximum absolute atomic E-state index is 12.2.